The third-order valence-electron chi connectivity index (χ3n) is 4.51. The summed E-state index contributed by atoms with van der Waals surface area (Å²) in [5, 5.41) is 0. The summed E-state index contributed by atoms with van der Waals surface area (Å²) in [5.41, 5.74) is 3.32. The van der Waals surface area contributed by atoms with Gasteiger partial charge in [0, 0.05) is 18.3 Å². The summed E-state index contributed by atoms with van der Waals surface area (Å²) in [7, 11) is -1.25. The molecule has 0 aromatic carbocycles. The molecule has 1 unspecified atom stereocenters. The topological polar surface area (TPSA) is 17.1 Å². The fourth-order valence-corrected chi connectivity index (χ4v) is 3.87. The van der Waals surface area contributed by atoms with E-state index < -0.39 is 8.07 Å². The molecule has 114 valence electrons. The van der Waals surface area contributed by atoms with Gasteiger partial charge in [-0.1, -0.05) is 47.3 Å². The van der Waals surface area contributed by atoms with Crippen molar-refractivity contribution in [3.8, 4) is 11.5 Å². The monoisotopic (exact) mass is 292 g/mol. The zero-order valence-electron chi connectivity index (χ0n) is 14.5. The van der Waals surface area contributed by atoms with Crippen molar-refractivity contribution < 1.29 is 4.79 Å². The molecular formula is C18H32OSi. The van der Waals surface area contributed by atoms with Crippen molar-refractivity contribution in [1.29, 1.82) is 0 Å². The molecule has 0 aromatic heterocycles. The SMILES string of the molecule is CC(C)[C@H]1CC(C)(C)C(=O)CC1CCC#C[Si](C)(C)C. The van der Waals surface area contributed by atoms with Gasteiger partial charge in [0.2, 0.25) is 0 Å². The highest BCUT2D eigenvalue weighted by molar-refractivity contribution is 6.83. The van der Waals surface area contributed by atoms with Crippen LogP contribution in [0.3, 0.4) is 0 Å². The van der Waals surface area contributed by atoms with E-state index in [1.165, 1.54) is 0 Å². The molecule has 0 N–H and O–H groups in total. The highest BCUT2D eigenvalue weighted by Gasteiger charge is 2.41. The molecule has 0 bridgehead atoms. The van der Waals surface area contributed by atoms with Crippen LogP contribution in [0.15, 0.2) is 0 Å². The first kappa shape index (κ1) is 17.5. The van der Waals surface area contributed by atoms with Gasteiger partial charge in [0.05, 0.1) is 0 Å². The Bertz CT molecular complexity index is 403. The van der Waals surface area contributed by atoms with Crippen LogP contribution in [0.2, 0.25) is 19.6 Å². The fourth-order valence-electron chi connectivity index (χ4n) is 3.22. The van der Waals surface area contributed by atoms with Crippen LogP contribution < -0.4 is 0 Å². The van der Waals surface area contributed by atoms with Gasteiger partial charge in [-0.2, -0.15) is 0 Å². The first-order chi connectivity index (χ1) is 9.03. The number of hydrogen-bond acceptors (Lipinski definition) is 1. The highest BCUT2D eigenvalue weighted by atomic mass is 28.3. The van der Waals surface area contributed by atoms with Crippen LogP contribution in [-0.2, 0) is 4.79 Å². The molecule has 1 saturated carbocycles. The van der Waals surface area contributed by atoms with E-state index in [1.54, 1.807) is 0 Å². The number of carbonyl (C=O) groups excluding carboxylic acids is 1. The van der Waals surface area contributed by atoms with Crippen LogP contribution in [-0.4, -0.2) is 13.9 Å². The van der Waals surface area contributed by atoms with E-state index in [9.17, 15) is 4.79 Å². The van der Waals surface area contributed by atoms with Crippen molar-refractivity contribution >= 4 is 13.9 Å². The Hall–Kier alpha value is -0.553. The molecule has 0 saturated heterocycles. The summed E-state index contributed by atoms with van der Waals surface area (Å²) < 4.78 is 0. The molecule has 2 atom stereocenters. The summed E-state index contributed by atoms with van der Waals surface area (Å²) in [6.45, 7) is 15.7. The second-order valence-electron chi connectivity index (χ2n) is 8.47. The van der Waals surface area contributed by atoms with Gasteiger partial charge < -0.3 is 0 Å². The Kier molecular flexibility index (Phi) is 5.67. The first-order valence-electron chi connectivity index (χ1n) is 8.06. The summed E-state index contributed by atoms with van der Waals surface area (Å²) >= 11 is 0. The maximum absolute atomic E-state index is 12.3. The molecule has 20 heavy (non-hydrogen) atoms. The zero-order valence-corrected chi connectivity index (χ0v) is 15.5. The zero-order chi connectivity index (χ0) is 15.6. The van der Waals surface area contributed by atoms with E-state index >= 15 is 0 Å². The Labute approximate surface area is 126 Å². The van der Waals surface area contributed by atoms with Gasteiger partial charge in [0.25, 0.3) is 0 Å². The minimum Gasteiger partial charge on any atom is -0.299 e. The molecule has 1 aliphatic rings. The molecule has 1 rings (SSSR count). The van der Waals surface area contributed by atoms with E-state index in [-0.39, 0.29) is 5.41 Å². The molecule has 1 fully saturated rings. The Morgan fingerprint density at radius 2 is 1.90 bits per heavy atom. The molecule has 0 heterocycles. The molecule has 1 aliphatic carbocycles. The van der Waals surface area contributed by atoms with Gasteiger partial charge >= 0.3 is 0 Å². The number of Topliss-reactive ketones (excluding diaryl/α,β-unsaturated/α-hetero) is 1. The van der Waals surface area contributed by atoms with Crippen LogP contribution in [0.25, 0.3) is 0 Å². The summed E-state index contributed by atoms with van der Waals surface area (Å²) in [5.74, 6) is 5.71. The van der Waals surface area contributed by atoms with E-state index in [2.05, 4.69) is 58.8 Å². The van der Waals surface area contributed by atoms with Crippen molar-refractivity contribution in [2.24, 2.45) is 23.2 Å². The number of ketones is 1. The molecule has 0 radical (unpaired) electrons. The fraction of sp³-hybridized carbons (Fsp3) is 0.833. The van der Waals surface area contributed by atoms with Crippen LogP contribution in [0.1, 0.15) is 53.4 Å². The van der Waals surface area contributed by atoms with Crippen LogP contribution in [0.4, 0.5) is 0 Å². The van der Waals surface area contributed by atoms with Gasteiger partial charge in [-0.05, 0) is 30.6 Å². The normalized spacial score (nSPS) is 26.3. The number of carbonyl (C=O) groups is 1. The van der Waals surface area contributed by atoms with Crippen molar-refractivity contribution in [3.63, 3.8) is 0 Å². The lowest BCUT2D eigenvalue weighted by Gasteiger charge is -2.41. The lowest BCUT2D eigenvalue weighted by molar-refractivity contribution is -0.134. The predicted octanol–water partition coefficient (Wildman–Crippen LogP) is 4.92. The maximum atomic E-state index is 12.3. The lowest BCUT2D eigenvalue weighted by Crippen LogP contribution is -2.39. The minimum atomic E-state index is -1.25. The average molecular weight is 293 g/mol. The van der Waals surface area contributed by atoms with E-state index in [4.69, 9.17) is 0 Å². The Balaban J connectivity index is 2.67. The van der Waals surface area contributed by atoms with Gasteiger partial charge in [-0.25, -0.2) is 0 Å². The molecule has 1 nitrogen and oxygen atoms in total. The molecule has 0 aliphatic heterocycles. The van der Waals surface area contributed by atoms with E-state index in [0.717, 1.165) is 25.7 Å². The third kappa shape index (κ3) is 5.09. The Morgan fingerprint density at radius 3 is 2.40 bits per heavy atom. The molecular weight excluding hydrogens is 260 g/mol. The largest absolute Gasteiger partial charge is 0.299 e. The van der Waals surface area contributed by atoms with Crippen molar-refractivity contribution in [3.05, 3.63) is 0 Å². The van der Waals surface area contributed by atoms with E-state index in [1.807, 2.05) is 0 Å². The van der Waals surface area contributed by atoms with Gasteiger partial charge in [-0.3, -0.25) is 4.79 Å². The highest BCUT2D eigenvalue weighted by Crippen LogP contribution is 2.44. The van der Waals surface area contributed by atoms with Crippen molar-refractivity contribution in [2.75, 3.05) is 0 Å². The number of rotatable bonds is 3. The molecule has 0 spiro atoms. The van der Waals surface area contributed by atoms with Gasteiger partial charge in [-0.15, -0.1) is 11.5 Å². The van der Waals surface area contributed by atoms with E-state index in [0.29, 0.717) is 23.5 Å². The Morgan fingerprint density at radius 1 is 1.30 bits per heavy atom. The number of hydrogen-bond donors (Lipinski definition) is 0. The standard InChI is InChI=1S/C18H32OSi/c1-14(2)16-13-18(3,4)17(19)12-15(16)10-8-9-11-20(5,6)7/h14-16H,8,10,12-13H2,1-7H3/t15?,16-/m1/s1. The second kappa shape index (κ2) is 6.48. The van der Waals surface area contributed by atoms with Crippen LogP contribution in [0.5, 0.6) is 0 Å². The third-order valence-corrected chi connectivity index (χ3v) is 5.44. The van der Waals surface area contributed by atoms with Crippen molar-refractivity contribution in [1.82, 2.24) is 0 Å². The first-order valence-corrected chi connectivity index (χ1v) is 11.6. The van der Waals surface area contributed by atoms with Gasteiger partial charge in [0.15, 0.2) is 0 Å². The van der Waals surface area contributed by atoms with Crippen LogP contribution in [0, 0.1) is 34.6 Å². The summed E-state index contributed by atoms with van der Waals surface area (Å²) in [6, 6.07) is 0. The predicted molar refractivity (Wildman–Crippen MR) is 90.2 cm³/mol. The van der Waals surface area contributed by atoms with Crippen LogP contribution >= 0.6 is 0 Å². The molecule has 2 heteroatoms. The second-order valence-corrected chi connectivity index (χ2v) is 13.2. The smallest absolute Gasteiger partial charge is 0.138 e. The quantitative estimate of drug-likeness (QED) is 0.533. The summed E-state index contributed by atoms with van der Waals surface area (Å²) in [6.07, 6.45) is 3.88. The van der Waals surface area contributed by atoms with Gasteiger partial charge in [0.1, 0.15) is 13.9 Å². The summed E-state index contributed by atoms with van der Waals surface area (Å²) in [4.78, 5) is 12.3. The maximum Gasteiger partial charge on any atom is 0.138 e. The lowest BCUT2D eigenvalue weighted by atomic mass is 9.62. The minimum absolute atomic E-state index is 0.116. The molecule has 0 aromatic rings. The molecule has 0 amide bonds. The van der Waals surface area contributed by atoms with Crippen molar-refractivity contribution in [2.45, 2.75) is 73.0 Å². The average Bonchev–Trinajstić information content (AvgIpc) is 2.27.